The van der Waals surface area contributed by atoms with Crippen LogP contribution in [0.1, 0.15) is 55.2 Å². The Bertz CT molecular complexity index is 1030. The zero-order valence-corrected chi connectivity index (χ0v) is 19.3. The maximum Gasteiger partial charge on any atom is 0.220 e. The molecule has 0 radical (unpaired) electrons. The average molecular weight is 443 g/mol. The van der Waals surface area contributed by atoms with Crippen molar-refractivity contribution in [3.05, 3.63) is 70.0 Å². The van der Waals surface area contributed by atoms with E-state index in [2.05, 4.69) is 34.6 Å². The third-order valence-electron chi connectivity index (χ3n) is 4.93. The molecule has 1 aromatic heterocycles. The number of nitrogens with one attached hydrogen (secondary N) is 1. The molecule has 0 aliphatic carbocycles. The Kier molecular flexibility index (Phi) is 7.56. The van der Waals surface area contributed by atoms with Crippen LogP contribution in [0.2, 0.25) is 5.02 Å². The molecule has 0 aliphatic rings. The van der Waals surface area contributed by atoms with Crippen LogP contribution in [0.3, 0.4) is 0 Å². The molecule has 0 aliphatic heterocycles. The van der Waals surface area contributed by atoms with Gasteiger partial charge in [-0.3, -0.25) is 9.36 Å². The number of hydrogen-bond donors (Lipinski definition) is 1. The monoisotopic (exact) mass is 442 g/mol. The van der Waals surface area contributed by atoms with Crippen LogP contribution >= 0.6 is 23.4 Å². The number of thioether (sulfide) groups is 1. The van der Waals surface area contributed by atoms with Crippen molar-refractivity contribution >= 4 is 29.3 Å². The molecule has 1 N–H and O–H groups in total. The zero-order chi connectivity index (χ0) is 21.7. The molecule has 5 nitrogen and oxygen atoms in total. The summed E-state index contributed by atoms with van der Waals surface area (Å²) < 4.78 is 2.01. The lowest BCUT2D eigenvalue weighted by atomic mass is 10.1. The van der Waals surface area contributed by atoms with Gasteiger partial charge >= 0.3 is 0 Å². The Hall–Kier alpha value is -2.31. The molecule has 1 amide bonds. The highest BCUT2D eigenvalue weighted by molar-refractivity contribution is 7.98. The summed E-state index contributed by atoms with van der Waals surface area (Å²) in [4.78, 5) is 12.2. The van der Waals surface area contributed by atoms with Gasteiger partial charge in [-0.2, -0.15) is 0 Å². The van der Waals surface area contributed by atoms with E-state index in [1.54, 1.807) is 11.8 Å². The van der Waals surface area contributed by atoms with Gasteiger partial charge in [-0.15, -0.1) is 10.2 Å². The number of amides is 1. The lowest BCUT2D eigenvalue weighted by Gasteiger charge is -2.18. The Morgan fingerprint density at radius 2 is 1.93 bits per heavy atom. The molecular weight excluding hydrogens is 416 g/mol. The van der Waals surface area contributed by atoms with Crippen molar-refractivity contribution < 1.29 is 4.79 Å². The van der Waals surface area contributed by atoms with Crippen molar-refractivity contribution in [2.45, 2.75) is 57.5 Å². The van der Waals surface area contributed by atoms with Crippen LogP contribution in [0.4, 0.5) is 0 Å². The normalized spacial score (nSPS) is 12.0. The topological polar surface area (TPSA) is 59.8 Å². The molecular formula is C23H27ClN4OS. The second kappa shape index (κ2) is 10.1. The summed E-state index contributed by atoms with van der Waals surface area (Å²) in [7, 11) is 0. The Morgan fingerprint density at radius 3 is 2.67 bits per heavy atom. The lowest BCUT2D eigenvalue weighted by Crippen LogP contribution is -2.28. The summed E-state index contributed by atoms with van der Waals surface area (Å²) in [6, 6.07) is 13.8. The molecule has 3 aromatic rings. The minimum Gasteiger partial charge on any atom is -0.346 e. The van der Waals surface area contributed by atoms with E-state index in [9.17, 15) is 4.79 Å². The number of aryl methyl sites for hydroxylation is 2. The van der Waals surface area contributed by atoms with E-state index in [-0.39, 0.29) is 11.9 Å². The zero-order valence-electron chi connectivity index (χ0n) is 17.8. The molecule has 1 heterocycles. The number of benzene rings is 2. The van der Waals surface area contributed by atoms with E-state index >= 15 is 0 Å². The first-order chi connectivity index (χ1) is 14.4. The van der Waals surface area contributed by atoms with E-state index in [1.165, 1.54) is 11.1 Å². The SMILES string of the molecule is CCCC(=O)NC(C)c1nnc(SCc2ccccc2C)n1-c1cc(Cl)ccc1C. The van der Waals surface area contributed by atoms with Crippen LogP contribution < -0.4 is 5.32 Å². The smallest absolute Gasteiger partial charge is 0.220 e. The van der Waals surface area contributed by atoms with Crippen molar-refractivity contribution in [1.29, 1.82) is 0 Å². The van der Waals surface area contributed by atoms with E-state index < -0.39 is 0 Å². The fourth-order valence-electron chi connectivity index (χ4n) is 3.22. The molecule has 0 bridgehead atoms. The predicted molar refractivity (Wildman–Crippen MR) is 123 cm³/mol. The van der Waals surface area contributed by atoms with E-state index in [0.717, 1.165) is 28.6 Å². The third-order valence-corrected chi connectivity index (χ3v) is 6.14. The highest BCUT2D eigenvalue weighted by atomic mass is 35.5. The number of rotatable bonds is 8. The molecule has 30 heavy (non-hydrogen) atoms. The summed E-state index contributed by atoms with van der Waals surface area (Å²) in [5.74, 6) is 1.48. The van der Waals surface area contributed by atoms with Crippen molar-refractivity contribution in [3.63, 3.8) is 0 Å². The summed E-state index contributed by atoms with van der Waals surface area (Å²) >= 11 is 7.93. The minimum atomic E-state index is -0.275. The van der Waals surface area contributed by atoms with Crippen LogP contribution in [-0.4, -0.2) is 20.7 Å². The standard InChI is InChI=1S/C23H27ClN4OS/c1-5-8-21(29)25-17(4)22-26-27-23(30-14-18-10-7-6-9-15(18)2)28(22)20-13-19(24)12-11-16(20)3/h6-7,9-13,17H,5,8,14H2,1-4H3,(H,25,29). The fourth-order valence-corrected chi connectivity index (χ4v) is 4.42. The Morgan fingerprint density at radius 1 is 1.17 bits per heavy atom. The first kappa shape index (κ1) is 22.4. The molecule has 158 valence electrons. The minimum absolute atomic E-state index is 0.0106. The van der Waals surface area contributed by atoms with E-state index in [0.29, 0.717) is 17.3 Å². The van der Waals surface area contributed by atoms with E-state index in [1.807, 2.05) is 55.7 Å². The van der Waals surface area contributed by atoms with Crippen LogP contribution in [0.5, 0.6) is 0 Å². The van der Waals surface area contributed by atoms with Gasteiger partial charge in [0, 0.05) is 17.2 Å². The van der Waals surface area contributed by atoms with E-state index in [4.69, 9.17) is 11.6 Å². The number of carbonyl (C=O) groups is 1. The van der Waals surface area contributed by atoms with Gasteiger partial charge in [0.25, 0.3) is 0 Å². The summed E-state index contributed by atoms with van der Waals surface area (Å²) in [5, 5.41) is 13.4. The molecule has 0 fully saturated rings. The summed E-state index contributed by atoms with van der Waals surface area (Å²) in [6.45, 7) is 8.07. The molecule has 0 saturated carbocycles. The highest BCUT2D eigenvalue weighted by Gasteiger charge is 2.22. The number of halogens is 1. The molecule has 1 unspecified atom stereocenters. The van der Waals surface area contributed by atoms with Crippen LogP contribution in [-0.2, 0) is 10.5 Å². The van der Waals surface area contributed by atoms with Gasteiger partial charge in [0.2, 0.25) is 5.91 Å². The number of nitrogens with zero attached hydrogens (tertiary/aromatic N) is 3. The van der Waals surface area contributed by atoms with Crippen molar-refractivity contribution in [2.75, 3.05) is 0 Å². The molecule has 7 heteroatoms. The third kappa shape index (κ3) is 5.24. The van der Waals surface area contributed by atoms with Gasteiger partial charge in [-0.05, 0) is 56.0 Å². The van der Waals surface area contributed by atoms with Gasteiger partial charge in [0.1, 0.15) is 0 Å². The van der Waals surface area contributed by atoms with Crippen molar-refractivity contribution in [2.24, 2.45) is 0 Å². The first-order valence-corrected chi connectivity index (χ1v) is 11.5. The maximum atomic E-state index is 12.2. The number of hydrogen-bond acceptors (Lipinski definition) is 4. The highest BCUT2D eigenvalue weighted by Crippen LogP contribution is 2.30. The van der Waals surface area contributed by atoms with Crippen LogP contribution in [0.25, 0.3) is 5.69 Å². The van der Waals surface area contributed by atoms with Gasteiger partial charge in [-0.25, -0.2) is 0 Å². The summed E-state index contributed by atoms with van der Waals surface area (Å²) in [6.07, 6.45) is 1.29. The molecule has 3 rings (SSSR count). The molecule has 0 spiro atoms. The predicted octanol–water partition coefficient (Wildman–Crippen LogP) is 5.81. The molecule has 1 atom stereocenters. The number of aromatic nitrogens is 3. The molecule has 2 aromatic carbocycles. The Labute approximate surface area is 187 Å². The van der Waals surface area contributed by atoms with Gasteiger partial charge in [-0.1, -0.05) is 60.6 Å². The van der Waals surface area contributed by atoms with Gasteiger partial charge in [0.15, 0.2) is 11.0 Å². The average Bonchev–Trinajstić information content (AvgIpc) is 3.13. The molecule has 0 saturated heterocycles. The Balaban J connectivity index is 1.98. The second-order valence-corrected chi connectivity index (χ2v) is 8.74. The van der Waals surface area contributed by atoms with Crippen LogP contribution in [0, 0.1) is 13.8 Å². The fraction of sp³-hybridized carbons (Fsp3) is 0.348. The second-order valence-electron chi connectivity index (χ2n) is 7.36. The van der Waals surface area contributed by atoms with Crippen molar-refractivity contribution in [3.8, 4) is 5.69 Å². The maximum absolute atomic E-state index is 12.2. The first-order valence-electron chi connectivity index (χ1n) is 10.1. The van der Waals surface area contributed by atoms with Gasteiger partial charge in [0.05, 0.1) is 11.7 Å². The lowest BCUT2D eigenvalue weighted by molar-refractivity contribution is -0.121. The quantitative estimate of drug-likeness (QED) is 0.447. The summed E-state index contributed by atoms with van der Waals surface area (Å²) in [5.41, 5.74) is 4.48. The number of carbonyl (C=O) groups excluding carboxylic acids is 1. The largest absolute Gasteiger partial charge is 0.346 e. The van der Waals surface area contributed by atoms with Crippen molar-refractivity contribution in [1.82, 2.24) is 20.1 Å². The van der Waals surface area contributed by atoms with Crippen LogP contribution in [0.15, 0.2) is 47.6 Å². The van der Waals surface area contributed by atoms with Gasteiger partial charge < -0.3 is 5.32 Å².